The first kappa shape index (κ1) is 16.5. The van der Waals surface area contributed by atoms with E-state index in [2.05, 4.69) is 17.1 Å². The second-order valence-corrected chi connectivity index (χ2v) is 6.20. The highest BCUT2D eigenvalue weighted by molar-refractivity contribution is 5.86. The molecule has 0 bridgehead atoms. The predicted molar refractivity (Wildman–Crippen MR) is 102 cm³/mol. The molecule has 132 valence electrons. The maximum absolute atomic E-state index is 6.19. The number of rotatable bonds is 6. The van der Waals surface area contributed by atoms with Crippen LogP contribution in [0.3, 0.4) is 0 Å². The number of hydrogen-bond donors (Lipinski definition) is 1. The van der Waals surface area contributed by atoms with Gasteiger partial charge in [-0.15, -0.1) is 10.2 Å². The molecule has 6 nitrogen and oxygen atoms in total. The van der Waals surface area contributed by atoms with Crippen molar-refractivity contribution in [2.75, 3.05) is 6.54 Å². The van der Waals surface area contributed by atoms with E-state index < -0.39 is 0 Å². The van der Waals surface area contributed by atoms with Gasteiger partial charge in [-0.2, -0.15) is 0 Å². The maximum Gasteiger partial charge on any atom is 0.187 e. The van der Waals surface area contributed by atoms with Gasteiger partial charge in [-0.3, -0.25) is 4.40 Å². The van der Waals surface area contributed by atoms with Gasteiger partial charge in [-0.1, -0.05) is 31.2 Å². The third kappa shape index (κ3) is 2.99. The molecule has 1 unspecified atom stereocenters. The molecule has 4 rings (SSSR count). The lowest BCUT2D eigenvalue weighted by molar-refractivity contribution is 0.191. The van der Waals surface area contributed by atoms with Crippen LogP contribution < -0.4 is 10.5 Å². The zero-order chi connectivity index (χ0) is 17.9. The van der Waals surface area contributed by atoms with Crippen molar-refractivity contribution in [1.82, 2.24) is 19.6 Å². The summed E-state index contributed by atoms with van der Waals surface area (Å²) in [6.07, 6.45) is 3.75. The minimum atomic E-state index is 0.0879. The molecule has 1 atom stereocenters. The second-order valence-electron chi connectivity index (χ2n) is 6.20. The molecular formula is C20H21N5O. The first-order valence-electron chi connectivity index (χ1n) is 8.86. The number of pyridine rings is 2. The Hall–Kier alpha value is -2.99. The van der Waals surface area contributed by atoms with Crippen molar-refractivity contribution in [1.29, 1.82) is 0 Å². The van der Waals surface area contributed by atoms with Crippen LogP contribution in [-0.2, 0) is 0 Å². The molecule has 0 fully saturated rings. The van der Waals surface area contributed by atoms with Crippen LogP contribution in [0.1, 0.15) is 19.8 Å². The normalized spacial score (nSPS) is 12.5. The Labute approximate surface area is 151 Å². The fourth-order valence-corrected chi connectivity index (χ4v) is 3.07. The van der Waals surface area contributed by atoms with E-state index >= 15 is 0 Å². The summed E-state index contributed by atoms with van der Waals surface area (Å²) in [6.45, 7) is 2.71. The van der Waals surface area contributed by atoms with Crippen molar-refractivity contribution in [3.8, 4) is 17.3 Å². The zero-order valence-electron chi connectivity index (χ0n) is 14.7. The smallest absolute Gasteiger partial charge is 0.187 e. The summed E-state index contributed by atoms with van der Waals surface area (Å²) in [5.41, 5.74) is 8.08. The van der Waals surface area contributed by atoms with Gasteiger partial charge in [-0.25, -0.2) is 4.98 Å². The molecule has 6 heteroatoms. The number of ether oxygens (including phenoxy) is 1. The van der Waals surface area contributed by atoms with Gasteiger partial charge in [0.1, 0.15) is 17.0 Å². The van der Waals surface area contributed by atoms with Crippen LogP contribution in [-0.4, -0.2) is 32.2 Å². The SMILES string of the molecule is CCC(CCN)Oc1cccc2ccc(-c3nnc4ccccn34)nc12. The average Bonchev–Trinajstić information content (AvgIpc) is 3.11. The minimum Gasteiger partial charge on any atom is -0.488 e. The number of nitrogens with two attached hydrogens (primary N) is 1. The van der Waals surface area contributed by atoms with Crippen molar-refractivity contribution >= 4 is 16.6 Å². The molecule has 0 saturated carbocycles. The summed E-state index contributed by atoms with van der Waals surface area (Å²) in [4.78, 5) is 4.84. The highest BCUT2D eigenvalue weighted by Crippen LogP contribution is 2.28. The number of nitrogens with zero attached hydrogens (tertiary/aromatic N) is 4. The van der Waals surface area contributed by atoms with Gasteiger partial charge in [0, 0.05) is 11.6 Å². The van der Waals surface area contributed by atoms with E-state index in [1.807, 2.05) is 59.1 Å². The quantitative estimate of drug-likeness (QED) is 0.578. The van der Waals surface area contributed by atoms with E-state index in [0.29, 0.717) is 12.4 Å². The van der Waals surface area contributed by atoms with E-state index in [0.717, 1.165) is 40.8 Å². The summed E-state index contributed by atoms with van der Waals surface area (Å²) in [7, 11) is 0. The molecule has 0 spiro atoms. The Morgan fingerprint density at radius 1 is 1.08 bits per heavy atom. The third-order valence-electron chi connectivity index (χ3n) is 4.46. The fourth-order valence-electron chi connectivity index (χ4n) is 3.07. The van der Waals surface area contributed by atoms with Gasteiger partial charge >= 0.3 is 0 Å². The van der Waals surface area contributed by atoms with Gasteiger partial charge in [0.2, 0.25) is 0 Å². The van der Waals surface area contributed by atoms with Crippen LogP contribution in [0.15, 0.2) is 54.7 Å². The Morgan fingerprint density at radius 3 is 2.85 bits per heavy atom. The first-order chi connectivity index (χ1) is 12.8. The fraction of sp³-hybridized carbons (Fsp3) is 0.250. The molecular weight excluding hydrogens is 326 g/mol. The number of fused-ring (bicyclic) bond motifs is 2. The lowest BCUT2D eigenvalue weighted by atomic mass is 10.1. The van der Waals surface area contributed by atoms with Crippen LogP contribution in [0.5, 0.6) is 5.75 Å². The molecule has 3 aromatic heterocycles. The van der Waals surface area contributed by atoms with Crippen LogP contribution >= 0.6 is 0 Å². The van der Waals surface area contributed by atoms with Gasteiger partial charge in [0.25, 0.3) is 0 Å². The summed E-state index contributed by atoms with van der Waals surface area (Å²) in [6, 6.07) is 15.8. The van der Waals surface area contributed by atoms with Gasteiger partial charge in [-0.05, 0) is 43.7 Å². The van der Waals surface area contributed by atoms with E-state index in [4.69, 9.17) is 15.5 Å². The lowest BCUT2D eigenvalue weighted by Crippen LogP contribution is -2.20. The molecule has 1 aromatic carbocycles. The highest BCUT2D eigenvalue weighted by Gasteiger charge is 2.14. The van der Waals surface area contributed by atoms with Crippen molar-refractivity contribution in [3.63, 3.8) is 0 Å². The van der Waals surface area contributed by atoms with E-state index in [1.165, 1.54) is 0 Å². The molecule has 0 aliphatic heterocycles. The molecule has 3 heterocycles. The Morgan fingerprint density at radius 2 is 2.00 bits per heavy atom. The summed E-state index contributed by atoms with van der Waals surface area (Å²) in [5, 5.41) is 9.54. The number of benzene rings is 1. The standard InChI is InChI=1S/C20H21N5O/c1-2-15(11-12-21)26-17-7-5-6-14-9-10-16(22-19(14)17)20-24-23-18-8-3-4-13-25(18)20/h3-10,13,15H,2,11-12,21H2,1H3. The Bertz CT molecular complexity index is 1040. The monoisotopic (exact) mass is 347 g/mol. The van der Waals surface area contributed by atoms with Crippen molar-refractivity contribution in [2.45, 2.75) is 25.9 Å². The molecule has 2 N–H and O–H groups in total. The highest BCUT2D eigenvalue weighted by atomic mass is 16.5. The molecule has 0 amide bonds. The van der Waals surface area contributed by atoms with E-state index in [1.54, 1.807) is 0 Å². The van der Waals surface area contributed by atoms with Crippen LogP contribution in [0.2, 0.25) is 0 Å². The van der Waals surface area contributed by atoms with Crippen molar-refractivity contribution < 1.29 is 4.74 Å². The van der Waals surface area contributed by atoms with Crippen LogP contribution in [0, 0.1) is 0 Å². The lowest BCUT2D eigenvalue weighted by Gasteiger charge is -2.18. The molecule has 0 aliphatic carbocycles. The van der Waals surface area contributed by atoms with Gasteiger partial charge in [0.15, 0.2) is 11.5 Å². The van der Waals surface area contributed by atoms with Crippen LogP contribution in [0.25, 0.3) is 28.1 Å². The van der Waals surface area contributed by atoms with Crippen molar-refractivity contribution in [3.05, 3.63) is 54.7 Å². The Kier molecular flexibility index (Phi) is 4.50. The summed E-state index contributed by atoms with van der Waals surface area (Å²) < 4.78 is 8.12. The predicted octanol–water partition coefficient (Wildman–Crippen LogP) is 3.45. The number of hydrogen-bond acceptors (Lipinski definition) is 5. The molecule has 0 aliphatic rings. The number of aromatic nitrogens is 4. The van der Waals surface area contributed by atoms with Gasteiger partial charge in [0.05, 0.1) is 6.10 Å². The van der Waals surface area contributed by atoms with E-state index in [-0.39, 0.29) is 6.10 Å². The average molecular weight is 347 g/mol. The summed E-state index contributed by atoms with van der Waals surface area (Å²) >= 11 is 0. The Balaban J connectivity index is 1.80. The largest absolute Gasteiger partial charge is 0.488 e. The van der Waals surface area contributed by atoms with Crippen molar-refractivity contribution in [2.24, 2.45) is 5.73 Å². The third-order valence-corrected chi connectivity index (χ3v) is 4.46. The number of para-hydroxylation sites is 1. The van der Waals surface area contributed by atoms with E-state index in [9.17, 15) is 0 Å². The molecule has 26 heavy (non-hydrogen) atoms. The van der Waals surface area contributed by atoms with Crippen LogP contribution in [0.4, 0.5) is 0 Å². The zero-order valence-corrected chi connectivity index (χ0v) is 14.7. The summed E-state index contributed by atoms with van der Waals surface area (Å²) in [5.74, 6) is 1.49. The topological polar surface area (TPSA) is 78.3 Å². The maximum atomic E-state index is 6.19. The molecule has 0 radical (unpaired) electrons. The first-order valence-corrected chi connectivity index (χ1v) is 8.86. The van der Waals surface area contributed by atoms with Gasteiger partial charge < -0.3 is 10.5 Å². The molecule has 0 saturated heterocycles. The second kappa shape index (κ2) is 7.09. The molecule has 4 aromatic rings. The minimum absolute atomic E-state index is 0.0879.